The number of rotatable bonds is 12. The molecule has 0 radical (unpaired) electrons. The Morgan fingerprint density at radius 3 is 2.68 bits per heavy atom. The second-order valence-electron chi connectivity index (χ2n) is 8.47. The highest BCUT2D eigenvalue weighted by Crippen LogP contribution is 2.30. The lowest BCUT2D eigenvalue weighted by atomic mass is 10.1. The Morgan fingerprint density at radius 1 is 1.10 bits per heavy atom. The standard InChI is InChI=1S/C25H36N4OS/c1-4-5-6-7-8-11-15-26-25-27-24(30)23(31-25)18-20-19-29(17-12-16-28(2)3)22-14-10-9-13-21(20)22/h9-10,13-14,18-19H,4-8,11-12,15-17H2,1-3H3,(H,26,27,30)/b23-18-. The number of thioether (sulfide) groups is 1. The Kier molecular flexibility index (Phi) is 9.22. The van der Waals surface area contributed by atoms with Gasteiger partial charge in [0.1, 0.15) is 0 Å². The van der Waals surface area contributed by atoms with Crippen molar-refractivity contribution in [2.75, 3.05) is 27.2 Å². The van der Waals surface area contributed by atoms with Gasteiger partial charge < -0.3 is 14.8 Å². The van der Waals surface area contributed by atoms with Gasteiger partial charge in [-0.15, -0.1) is 0 Å². The van der Waals surface area contributed by atoms with E-state index in [-0.39, 0.29) is 5.91 Å². The van der Waals surface area contributed by atoms with Gasteiger partial charge in [-0.2, -0.15) is 0 Å². The number of unbranched alkanes of at least 4 members (excludes halogenated alkanes) is 5. The third kappa shape index (κ3) is 6.97. The van der Waals surface area contributed by atoms with E-state index in [1.165, 1.54) is 54.8 Å². The van der Waals surface area contributed by atoms with Gasteiger partial charge >= 0.3 is 0 Å². The highest BCUT2D eigenvalue weighted by Gasteiger charge is 2.24. The molecule has 1 aliphatic rings. The molecule has 2 aromatic rings. The fraction of sp³-hybridized carbons (Fsp3) is 0.520. The molecule has 168 valence electrons. The predicted octanol–water partition coefficient (Wildman–Crippen LogP) is 5.51. The summed E-state index contributed by atoms with van der Waals surface area (Å²) in [6.45, 7) is 5.04. The second-order valence-corrected chi connectivity index (χ2v) is 9.50. The zero-order chi connectivity index (χ0) is 22.1. The summed E-state index contributed by atoms with van der Waals surface area (Å²) in [7, 11) is 4.20. The lowest BCUT2D eigenvalue weighted by molar-refractivity contribution is -0.115. The van der Waals surface area contributed by atoms with Crippen LogP contribution in [0.4, 0.5) is 0 Å². The minimum absolute atomic E-state index is 0.0452. The van der Waals surface area contributed by atoms with Gasteiger partial charge in [-0.3, -0.25) is 9.79 Å². The minimum Gasteiger partial charge on any atom is -0.347 e. The SMILES string of the molecule is CCCCCCCCN=C1NC(=O)/C(=C/c2cn(CCCN(C)C)c3ccccc23)S1. The minimum atomic E-state index is -0.0452. The molecule has 0 bridgehead atoms. The van der Waals surface area contributed by atoms with Crippen LogP contribution in [-0.2, 0) is 11.3 Å². The lowest BCUT2D eigenvalue weighted by Gasteiger charge is -2.10. The van der Waals surface area contributed by atoms with Crippen molar-refractivity contribution in [1.82, 2.24) is 14.8 Å². The summed E-state index contributed by atoms with van der Waals surface area (Å²) in [5.74, 6) is -0.0452. The summed E-state index contributed by atoms with van der Waals surface area (Å²) < 4.78 is 2.30. The van der Waals surface area contributed by atoms with Crippen LogP contribution in [0.1, 0.15) is 57.4 Å². The van der Waals surface area contributed by atoms with Gasteiger partial charge in [0.05, 0.1) is 4.91 Å². The fourth-order valence-electron chi connectivity index (χ4n) is 3.85. The summed E-state index contributed by atoms with van der Waals surface area (Å²) in [6.07, 6.45) is 12.8. The van der Waals surface area contributed by atoms with Crippen molar-refractivity contribution < 1.29 is 4.79 Å². The van der Waals surface area contributed by atoms with Gasteiger partial charge in [0, 0.05) is 35.8 Å². The number of amides is 1. The zero-order valence-corrected chi connectivity index (χ0v) is 20.0. The molecule has 0 saturated carbocycles. The normalized spacial score (nSPS) is 16.8. The van der Waals surface area contributed by atoms with Crippen LogP contribution in [0.5, 0.6) is 0 Å². The Hall–Kier alpha value is -2.05. The van der Waals surface area contributed by atoms with E-state index >= 15 is 0 Å². The number of aliphatic imine (C=N–C) groups is 1. The van der Waals surface area contributed by atoms with Crippen LogP contribution < -0.4 is 5.32 Å². The summed E-state index contributed by atoms with van der Waals surface area (Å²) in [5.41, 5.74) is 2.31. The number of carbonyl (C=O) groups is 1. The first kappa shape index (κ1) is 23.6. The van der Waals surface area contributed by atoms with E-state index in [2.05, 4.69) is 71.3 Å². The number of hydrogen-bond acceptors (Lipinski definition) is 4. The van der Waals surface area contributed by atoms with Crippen molar-refractivity contribution in [3.8, 4) is 0 Å². The van der Waals surface area contributed by atoms with Gasteiger partial charge in [0.15, 0.2) is 5.17 Å². The third-order valence-corrected chi connectivity index (χ3v) is 6.48. The van der Waals surface area contributed by atoms with Gasteiger partial charge in [0.2, 0.25) is 0 Å². The average Bonchev–Trinajstić information content (AvgIpc) is 3.28. The molecule has 5 nitrogen and oxygen atoms in total. The van der Waals surface area contributed by atoms with Crippen molar-refractivity contribution in [1.29, 1.82) is 0 Å². The maximum absolute atomic E-state index is 12.5. The zero-order valence-electron chi connectivity index (χ0n) is 19.2. The number of nitrogens with one attached hydrogen (secondary N) is 1. The first-order valence-corrected chi connectivity index (χ1v) is 12.4. The van der Waals surface area contributed by atoms with Crippen LogP contribution in [0.2, 0.25) is 0 Å². The lowest BCUT2D eigenvalue weighted by Crippen LogP contribution is -2.19. The van der Waals surface area contributed by atoms with Crippen LogP contribution in [0.3, 0.4) is 0 Å². The van der Waals surface area contributed by atoms with Crippen molar-refractivity contribution in [3.63, 3.8) is 0 Å². The molecule has 1 aromatic heterocycles. The predicted molar refractivity (Wildman–Crippen MR) is 134 cm³/mol. The Morgan fingerprint density at radius 2 is 1.87 bits per heavy atom. The fourth-order valence-corrected chi connectivity index (χ4v) is 4.69. The number of carbonyl (C=O) groups excluding carboxylic acids is 1. The molecule has 3 rings (SSSR count). The van der Waals surface area contributed by atoms with E-state index < -0.39 is 0 Å². The van der Waals surface area contributed by atoms with E-state index in [4.69, 9.17) is 0 Å². The second kappa shape index (κ2) is 12.1. The topological polar surface area (TPSA) is 49.6 Å². The molecular formula is C25H36N4OS. The van der Waals surface area contributed by atoms with E-state index in [0.29, 0.717) is 0 Å². The molecule has 2 heterocycles. The number of hydrogen-bond donors (Lipinski definition) is 1. The Bertz CT molecular complexity index is 929. The largest absolute Gasteiger partial charge is 0.347 e. The molecule has 1 fully saturated rings. The number of amidine groups is 1. The number of aryl methyl sites for hydroxylation is 1. The highest BCUT2D eigenvalue weighted by molar-refractivity contribution is 8.18. The Balaban J connectivity index is 1.64. The van der Waals surface area contributed by atoms with Crippen LogP contribution in [0.15, 0.2) is 40.4 Å². The highest BCUT2D eigenvalue weighted by atomic mass is 32.2. The number of fused-ring (bicyclic) bond motifs is 1. The molecule has 0 atom stereocenters. The summed E-state index contributed by atoms with van der Waals surface area (Å²) in [4.78, 5) is 20.0. The maximum Gasteiger partial charge on any atom is 0.264 e. The maximum atomic E-state index is 12.5. The first-order valence-electron chi connectivity index (χ1n) is 11.6. The molecule has 0 spiro atoms. The number of nitrogens with zero attached hydrogens (tertiary/aromatic N) is 3. The van der Waals surface area contributed by atoms with Crippen molar-refractivity contribution in [2.45, 2.75) is 58.4 Å². The number of benzene rings is 1. The molecule has 1 saturated heterocycles. The Labute approximate surface area is 191 Å². The van der Waals surface area contributed by atoms with E-state index in [1.807, 2.05) is 6.08 Å². The summed E-state index contributed by atoms with van der Waals surface area (Å²) in [6, 6.07) is 8.42. The molecule has 1 aliphatic heterocycles. The van der Waals surface area contributed by atoms with Crippen molar-refractivity contribution in [2.24, 2.45) is 4.99 Å². The smallest absolute Gasteiger partial charge is 0.264 e. The summed E-state index contributed by atoms with van der Waals surface area (Å²) >= 11 is 1.46. The molecule has 1 N–H and O–H groups in total. The van der Waals surface area contributed by atoms with Crippen molar-refractivity contribution in [3.05, 3.63) is 40.9 Å². The van der Waals surface area contributed by atoms with Gasteiger partial charge in [0.25, 0.3) is 5.91 Å². The van der Waals surface area contributed by atoms with Crippen LogP contribution >= 0.6 is 11.8 Å². The van der Waals surface area contributed by atoms with Crippen LogP contribution in [0.25, 0.3) is 17.0 Å². The van der Waals surface area contributed by atoms with Gasteiger partial charge in [-0.25, -0.2) is 0 Å². The molecule has 6 heteroatoms. The third-order valence-electron chi connectivity index (χ3n) is 5.53. The molecule has 1 amide bonds. The molecule has 1 aromatic carbocycles. The number of para-hydroxylation sites is 1. The van der Waals surface area contributed by atoms with E-state index in [1.54, 1.807) is 0 Å². The molecule has 0 unspecified atom stereocenters. The van der Waals surface area contributed by atoms with E-state index in [9.17, 15) is 4.79 Å². The number of aromatic nitrogens is 1. The molecule has 0 aliphatic carbocycles. The van der Waals surface area contributed by atoms with E-state index in [0.717, 1.165) is 48.1 Å². The summed E-state index contributed by atoms with van der Waals surface area (Å²) in [5, 5.41) is 4.85. The van der Waals surface area contributed by atoms with Crippen molar-refractivity contribution >= 4 is 39.8 Å². The molecule has 31 heavy (non-hydrogen) atoms. The monoisotopic (exact) mass is 440 g/mol. The first-order chi connectivity index (χ1) is 15.1. The van der Waals surface area contributed by atoms with Crippen LogP contribution in [-0.4, -0.2) is 47.7 Å². The molecular weight excluding hydrogens is 404 g/mol. The van der Waals surface area contributed by atoms with Gasteiger partial charge in [-0.1, -0.05) is 57.2 Å². The van der Waals surface area contributed by atoms with Gasteiger partial charge in [-0.05, 0) is 57.4 Å². The average molecular weight is 441 g/mol. The quantitative estimate of drug-likeness (QED) is 0.349. The van der Waals surface area contributed by atoms with Crippen LogP contribution in [0, 0.1) is 0 Å².